The van der Waals surface area contributed by atoms with E-state index in [0.717, 1.165) is 12.8 Å². The van der Waals surface area contributed by atoms with Crippen LogP contribution in [0.25, 0.3) is 0 Å². The van der Waals surface area contributed by atoms with Gasteiger partial charge in [-0.05, 0) is 26.7 Å². The van der Waals surface area contributed by atoms with E-state index in [1.54, 1.807) is 6.08 Å². The predicted molar refractivity (Wildman–Crippen MR) is 68.6 cm³/mol. The molecule has 4 atom stereocenters. The summed E-state index contributed by atoms with van der Waals surface area (Å²) in [5.41, 5.74) is 0.0883. The van der Waals surface area contributed by atoms with E-state index in [2.05, 4.69) is 10.1 Å². The third kappa shape index (κ3) is 2.13. The number of ether oxygens (including phenoxy) is 3. The second kappa shape index (κ2) is 4.56. The maximum atomic E-state index is 12.0. The van der Waals surface area contributed by atoms with Crippen LogP contribution >= 0.6 is 0 Å². The lowest BCUT2D eigenvalue weighted by atomic mass is 9.78. The summed E-state index contributed by atoms with van der Waals surface area (Å²) < 4.78 is 16.4. The Hall–Kier alpha value is -1.40. The second-order valence-corrected chi connectivity index (χ2v) is 5.95. The maximum Gasteiger partial charge on any atom is 0.343 e. The van der Waals surface area contributed by atoms with Gasteiger partial charge in [-0.2, -0.15) is 0 Å². The fraction of sp³-hybridized carbons (Fsp3) is 0.714. The van der Waals surface area contributed by atoms with Gasteiger partial charge in [0.25, 0.3) is 5.91 Å². The normalized spacial score (nSPS) is 38.4. The van der Waals surface area contributed by atoms with Crippen LogP contribution in [0, 0.1) is 5.92 Å². The SMILES string of the molecule is COC(=O)C1=C[C@H]2CC[C@@H]3OC(C)(C)O[C@@H]3[C@H]2NC1=O. The van der Waals surface area contributed by atoms with Crippen LogP contribution in [-0.4, -0.2) is 43.0 Å². The van der Waals surface area contributed by atoms with E-state index in [9.17, 15) is 9.59 Å². The van der Waals surface area contributed by atoms with E-state index >= 15 is 0 Å². The van der Waals surface area contributed by atoms with E-state index in [0.29, 0.717) is 0 Å². The van der Waals surface area contributed by atoms with Crippen molar-refractivity contribution in [3.63, 3.8) is 0 Å². The number of amides is 1. The van der Waals surface area contributed by atoms with Gasteiger partial charge in [-0.25, -0.2) is 4.79 Å². The van der Waals surface area contributed by atoms with Gasteiger partial charge >= 0.3 is 5.97 Å². The van der Waals surface area contributed by atoms with Crippen molar-refractivity contribution in [3.8, 4) is 0 Å². The van der Waals surface area contributed by atoms with Crippen molar-refractivity contribution in [1.29, 1.82) is 0 Å². The molecule has 1 saturated carbocycles. The molecule has 110 valence electrons. The van der Waals surface area contributed by atoms with Crippen molar-refractivity contribution < 1.29 is 23.8 Å². The van der Waals surface area contributed by atoms with Gasteiger partial charge in [0.1, 0.15) is 11.7 Å². The number of carbonyl (C=O) groups is 2. The van der Waals surface area contributed by atoms with Crippen molar-refractivity contribution >= 4 is 11.9 Å². The van der Waals surface area contributed by atoms with Gasteiger partial charge in [0.15, 0.2) is 5.79 Å². The molecule has 0 spiro atoms. The number of rotatable bonds is 1. The molecule has 2 heterocycles. The molecule has 1 saturated heterocycles. The molecule has 0 bridgehead atoms. The van der Waals surface area contributed by atoms with Crippen LogP contribution in [0.3, 0.4) is 0 Å². The van der Waals surface area contributed by atoms with Crippen LogP contribution in [0.2, 0.25) is 0 Å². The number of fused-ring (bicyclic) bond motifs is 3. The lowest BCUT2D eigenvalue weighted by Crippen LogP contribution is -2.57. The zero-order valence-corrected chi connectivity index (χ0v) is 11.8. The molecule has 1 aliphatic carbocycles. The Labute approximate surface area is 117 Å². The molecule has 3 rings (SSSR count). The molecule has 20 heavy (non-hydrogen) atoms. The number of hydrogen-bond acceptors (Lipinski definition) is 5. The second-order valence-electron chi connectivity index (χ2n) is 5.95. The van der Waals surface area contributed by atoms with Crippen molar-refractivity contribution in [2.45, 2.75) is 50.7 Å². The first kappa shape index (κ1) is 13.6. The van der Waals surface area contributed by atoms with Gasteiger partial charge in [-0.3, -0.25) is 4.79 Å². The highest BCUT2D eigenvalue weighted by Gasteiger charge is 2.51. The number of esters is 1. The molecule has 0 radical (unpaired) electrons. The Morgan fingerprint density at radius 3 is 2.85 bits per heavy atom. The summed E-state index contributed by atoms with van der Waals surface area (Å²) in [5.74, 6) is -1.53. The number of methoxy groups -OCH3 is 1. The fourth-order valence-electron chi connectivity index (χ4n) is 3.34. The molecule has 2 fully saturated rings. The van der Waals surface area contributed by atoms with Gasteiger partial charge in [-0.15, -0.1) is 0 Å². The monoisotopic (exact) mass is 281 g/mol. The topological polar surface area (TPSA) is 73.9 Å². The molecule has 6 heteroatoms. The van der Waals surface area contributed by atoms with Crippen molar-refractivity contribution in [3.05, 3.63) is 11.6 Å². The zero-order valence-electron chi connectivity index (χ0n) is 11.8. The Kier molecular flexibility index (Phi) is 3.10. The molecule has 0 aromatic carbocycles. The van der Waals surface area contributed by atoms with Crippen LogP contribution in [0.5, 0.6) is 0 Å². The van der Waals surface area contributed by atoms with Gasteiger partial charge < -0.3 is 19.5 Å². The van der Waals surface area contributed by atoms with E-state index < -0.39 is 17.7 Å². The summed E-state index contributed by atoms with van der Waals surface area (Å²) >= 11 is 0. The van der Waals surface area contributed by atoms with Crippen LogP contribution in [-0.2, 0) is 23.8 Å². The third-order valence-corrected chi connectivity index (χ3v) is 4.15. The minimum atomic E-state index is -0.624. The summed E-state index contributed by atoms with van der Waals surface area (Å²) in [4.78, 5) is 23.6. The smallest absolute Gasteiger partial charge is 0.343 e. The van der Waals surface area contributed by atoms with Crippen LogP contribution in [0.4, 0.5) is 0 Å². The Balaban J connectivity index is 1.85. The summed E-state index contributed by atoms with van der Waals surface area (Å²) in [6, 6.07) is -0.142. The lowest BCUT2D eigenvalue weighted by molar-refractivity contribution is -0.149. The molecule has 0 aromatic rings. The van der Waals surface area contributed by atoms with Crippen LogP contribution < -0.4 is 5.32 Å². The molecular formula is C14H19NO5. The van der Waals surface area contributed by atoms with Gasteiger partial charge in [0.2, 0.25) is 0 Å². The van der Waals surface area contributed by atoms with Crippen LogP contribution in [0.15, 0.2) is 11.6 Å². The summed E-state index contributed by atoms with van der Waals surface area (Å²) in [5, 5.41) is 2.88. The van der Waals surface area contributed by atoms with Gasteiger partial charge in [0, 0.05) is 5.92 Å². The Morgan fingerprint density at radius 2 is 2.15 bits per heavy atom. The highest BCUT2D eigenvalue weighted by Crippen LogP contribution is 2.41. The Morgan fingerprint density at radius 1 is 1.40 bits per heavy atom. The molecule has 6 nitrogen and oxygen atoms in total. The van der Waals surface area contributed by atoms with Crippen molar-refractivity contribution in [2.24, 2.45) is 5.92 Å². The molecule has 2 aliphatic heterocycles. The zero-order chi connectivity index (χ0) is 14.5. The third-order valence-electron chi connectivity index (χ3n) is 4.15. The predicted octanol–water partition coefficient (Wildman–Crippen LogP) is 0.514. The standard InChI is InChI=1S/C14H19NO5/c1-14(2)19-9-5-4-7-6-8(13(17)18-3)12(16)15-10(7)11(9)20-14/h6-7,9-11H,4-5H2,1-3H3,(H,15,16)/t7-,9+,10+,11+/m1/s1. The van der Waals surface area contributed by atoms with Crippen molar-refractivity contribution in [1.82, 2.24) is 5.32 Å². The number of nitrogens with one attached hydrogen (secondary N) is 1. The van der Waals surface area contributed by atoms with E-state index in [1.165, 1.54) is 7.11 Å². The first-order chi connectivity index (χ1) is 9.41. The maximum absolute atomic E-state index is 12.0. The molecule has 0 unspecified atom stereocenters. The average Bonchev–Trinajstić information content (AvgIpc) is 2.72. The summed E-state index contributed by atoms with van der Waals surface area (Å²) in [6.07, 6.45) is 3.27. The van der Waals surface area contributed by atoms with Crippen molar-refractivity contribution in [2.75, 3.05) is 7.11 Å². The minimum Gasteiger partial charge on any atom is -0.465 e. The molecule has 1 amide bonds. The highest BCUT2D eigenvalue weighted by molar-refractivity contribution is 6.16. The summed E-state index contributed by atoms with van der Waals surface area (Å²) in [6.45, 7) is 3.75. The van der Waals surface area contributed by atoms with E-state index in [-0.39, 0.29) is 29.7 Å². The van der Waals surface area contributed by atoms with E-state index in [1.807, 2.05) is 13.8 Å². The first-order valence-electron chi connectivity index (χ1n) is 6.88. The minimum absolute atomic E-state index is 0.000346. The number of carbonyl (C=O) groups excluding carboxylic acids is 2. The molecular weight excluding hydrogens is 262 g/mol. The fourth-order valence-corrected chi connectivity index (χ4v) is 3.34. The highest BCUT2D eigenvalue weighted by atomic mass is 16.8. The van der Waals surface area contributed by atoms with E-state index in [4.69, 9.17) is 9.47 Å². The van der Waals surface area contributed by atoms with Gasteiger partial charge in [0.05, 0.1) is 19.3 Å². The molecule has 3 aliphatic rings. The van der Waals surface area contributed by atoms with Crippen LogP contribution in [0.1, 0.15) is 26.7 Å². The number of hydrogen-bond donors (Lipinski definition) is 1. The largest absolute Gasteiger partial charge is 0.465 e. The summed E-state index contributed by atoms with van der Waals surface area (Å²) in [7, 11) is 1.27. The lowest BCUT2D eigenvalue weighted by Gasteiger charge is -2.39. The first-order valence-corrected chi connectivity index (χ1v) is 6.88. The quantitative estimate of drug-likeness (QED) is 0.560. The Bertz CT molecular complexity index is 484. The molecule has 1 N–H and O–H groups in total. The van der Waals surface area contributed by atoms with Gasteiger partial charge in [-0.1, -0.05) is 6.08 Å². The average molecular weight is 281 g/mol. The molecule has 0 aromatic heterocycles.